The van der Waals surface area contributed by atoms with E-state index < -0.39 is 4.92 Å². The molecule has 2 aromatic rings. The standard InChI is InChI=1S/C11H7Cl2N3O3/c12-7-4-6(16(17)18)5-8(13)10(7)19-11-9(14)2-1-3-15-11/h1-5H,14H2. The zero-order chi connectivity index (χ0) is 14.0. The topological polar surface area (TPSA) is 91.3 Å². The van der Waals surface area contributed by atoms with E-state index in [-0.39, 0.29) is 27.4 Å². The number of hydrogen-bond donors (Lipinski definition) is 1. The predicted molar refractivity (Wildman–Crippen MR) is 71.8 cm³/mol. The number of non-ortho nitro benzene ring substituents is 1. The van der Waals surface area contributed by atoms with Crippen LogP contribution in [0.3, 0.4) is 0 Å². The van der Waals surface area contributed by atoms with Crippen LogP contribution < -0.4 is 10.5 Å². The molecule has 8 heteroatoms. The van der Waals surface area contributed by atoms with Gasteiger partial charge in [-0.3, -0.25) is 10.1 Å². The lowest BCUT2D eigenvalue weighted by molar-refractivity contribution is -0.384. The van der Waals surface area contributed by atoms with Crippen molar-refractivity contribution >= 4 is 34.6 Å². The summed E-state index contributed by atoms with van der Waals surface area (Å²) in [6, 6.07) is 5.51. The van der Waals surface area contributed by atoms with Crippen LogP contribution in [0.15, 0.2) is 30.5 Å². The summed E-state index contributed by atoms with van der Waals surface area (Å²) in [5, 5.41) is 10.7. The zero-order valence-electron chi connectivity index (χ0n) is 9.34. The first-order chi connectivity index (χ1) is 8.99. The monoisotopic (exact) mass is 299 g/mol. The average Bonchev–Trinajstić information content (AvgIpc) is 2.35. The van der Waals surface area contributed by atoms with Crippen molar-refractivity contribution in [3.8, 4) is 11.6 Å². The fourth-order valence-corrected chi connectivity index (χ4v) is 1.89. The third kappa shape index (κ3) is 2.86. The van der Waals surface area contributed by atoms with E-state index in [0.29, 0.717) is 5.69 Å². The number of nitrogens with zero attached hydrogens (tertiary/aromatic N) is 2. The summed E-state index contributed by atoms with van der Waals surface area (Å²) in [5.41, 5.74) is 5.74. The summed E-state index contributed by atoms with van der Waals surface area (Å²) in [7, 11) is 0. The molecular formula is C11H7Cl2N3O3. The Morgan fingerprint density at radius 2 is 1.95 bits per heavy atom. The summed E-state index contributed by atoms with van der Waals surface area (Å²) < 4.78 is 5.38. The molecule has 0 fully saturated rings. The Bertz CT molecular complexity index is 626. The van der Waals surface area contributed by atoms with Crippen LogP contribution in [0.25, 0.3) is 0 Å². The third-order valence-corrected chi connectivity index (χ3v) is 2.75. The minimum absolute atomic E-state index is 0.00394. The van der Waals surface area contributed by atoms with Gasteiger partial charge in [-0.1, -0.05) is 23.2 Å². The quantitative estimate of drug-likeness (QED) is 0.689. The molecule has 1 aromatic heterocycles. The van der Waals surface area contributed by atoms with Crippen molar-refractivity contribution < 1.29 is 9.66 Å². The number of nitrogen functional groups attached to an aromatic ring is 1. The van der Waals surface area contributed by atoms with Gasteiger partial charge in [-0.05, 0) is 12.1 Å². The van der Waals surface area contributed by atoms with E-state index in [4.69, 9.17) is 33.7 Å². The van der Waals surface area contributed by atoms with Crippen LogP contribution in [0.5, 0.6) is 11.6 Å². The third-order valence-electron chi connectivity index (χ3n) is 2.19. The highest BCUT2D eigenvalue weighted by Gasteiger charge is 2.17. The van der Waals surface area contributed by atoms with Crippen molar-refractivity contribution in [3.05, 3.63) is 50.6 Å². The number of ether oxygens (including phenoxy) is 1. The number of nitrogens with two attached hydrogens (primary N) is 1. The first-order valence-corrected chi connectivity index (χ1v) is 5.76. The van der Waals surface area contributed by atoms with Crippen molar-refractivity contribution in [1.82, 2.24) is 4.98 Å². The smallest absolute Gasteiger partial charge is 0.272 e. The summed E-state index contributed by atoms with van der Waals surface area (Å²) in [6.07, 6.45) is 1.49. The first kappa shape index (κ1) is 13.4. The maximum atomic E-state index is 10.6. The highest BCUT2D eigenvalue weighted by Crippen LogP contribution is 2.39. The highest BCUT2D eigenvalue weighted by molar-refractivity contribution is 6.37. The Balaban J connectivity index is 2.42. The van der Waals surface area contributed by atoms with Gasteiger partial charge in [-0.15, -0.1) is 0 Å². The van der Waals surface area contributed by atoms with Gasteiger partial charge in [0.2, 0.25) is 5.88 Å². The fourth-order valence-electron chi connectivity index (χ4n) is 1.33. The van der Waals surface area contributed by atoms with Crippen LogP contribution in [-0.2, 0) is 0 Å². The largest absolute Gasteiger partial charge is 0.434 e. The van der Waals surface area contributed by atoms with Gasteiger partial charge in [0.25, 0.3) is 5.69 Å². The lowest BCUT2D eigenvalue weighted by Gasteiger charge is -2.09. The summed E-state index contributed by atoms with van der Waals surface area (Å²) in [4.78, 5) is 14.0. The van der Waals surface area contributed by atoms with Crippen LogP contribution in [-0.4, -0.2) is 9.91 Å². The molecule has 2 rings (SSSR count). The molecule has 0 aliphatic heterocycles. The van der Waals surface area contributed by atoms with Crippen molar-refractivity contribution in [2.75, 3.05) is 5.73 Å². The van der Waals surface area contributed by atoms with Crippen LogP contribution >= 0.6 is 23.2 Å². The van der Waals surface area contributed by atoms with Crippen LogP contribution in [0.4, 0.5) is 11.4 Å². The highest BCUT2D eigenvalue weighted by atomic mass is 35.5. The molecule has 98 valence electrons. The molecule has 1 aromatic carbocycles. The molecule has 2 N–H and O–H groups in total. The van der Waals surface area contributed by atoms with Gasteiger partial charge < -0.3 is 10.5 Å². The molecule has 1 heterocycles. The average molecular weight is 300 g/mol. The van der Waals surface area contributed by atoms with Gasteiger partial charge in [0.05, 0.1) is 20.7 Å². The van der Waals surface area contributed by atoms with Gasteiger partial charge in [-0.25, -0.2) is 4.98 Å². The number of halogens is 2. The Morgan fingerprint density at radius 1 is 1.32 bits per heavy atom. The molecule has 0 aliphatic rings. The van der Waals surface area contributed by atoms with Crippen molar-refractivity contribution in [3.63, 3.8) is 0 Å². The molecule has 0 aliphatic carbocycles. The van der Waals surface area contributed by atoms with Gasteiger partial charge >= 0.3 is 0 Å². The van der Waals surface area contributed by atoms with Crippen LogP contribution in [0.2, 0.25) is 10.0 Å². The second-order valence-corrected chi connectivity index (χ2v) is 4.31. The minimum Gasteiger partial charge on any atom is -0.434 e. The van der Waals surface area contributed by atoms with Gasteiger partial charge in [-0.2, -0.15) is 0 Å². The number of hydrogen-bond acceptors (Lipinski definition) is 5. The number of pyridine rings is 1. The molecular weight excluding hydrogens is 293 g/mol. The van der Waals surface area contributed by atoms with Crippen LogP contribution in [0, 0.1) is 10.1 Å². The number of nitro benzene ring substituents is 1. The summed E-state index contributed by atoms with van der Waals surface area (Å²) >= 11 is 11.8. The predicted octanol–water partition coefficient (Wildman–Crippen LogP) is 3.67. The Labute approximate surface area is 117 Å². The van der Waals surface area contributed by atoms with E-state index in [2.05, 4.69) is 4.98 Å². The summed E-state index contributed by atoms with van der Waals surface area (Å²) in [6.45, 7) is 0. The number of anilines is 1. The molecule has 0 bridgehead atoms. The number of aromatic nitrogens is 1. The molecule has 0 amide bonds. The SMILES string of the molecule is Nc1cccnc1Oc1c(Cl)cc([N+](=O)[O-])cc1Cl. The second-order valence-electron chi connectivity index (χ2n) is 3.50. The van der Waals surface area contributed by atoms with Crippen LogP contribution in [0.1, 0.15) is 0 Å². The Kier molecular flexibility index (Phi) is 3.73. The molecule has 19 heavy (non-hydrogen) atoms. The van der Waals surface area contributed by atoms with E-state index in [9.17, 15) is 10.1 Å². The second kappa shape index (κ2) is 5.29. The fraction of sp³-hybridized carbons (Fsp3) is 0. The minimum atomic E-state index is -0.601. The molecule has 0 atom stereocenters. The lowest BCUT2D eigenvalue weighted by Crippen LogP contribution is -1.96. The van der Waals surface area contributed by atoms with Crippen molar-refractivity contribution in [2.24, 2.45) is 0 Å². The number of nitro groups is 1. The Morgan fingerprint density at radius 3 is 2.47 bits per heavy atom. The number of benzene rings is 1. The normalized spacial score (nSPS) is 10.2. The van der Waals surface area contributed by atoms with E-state index in [1.165, 1.54) is 6.20 Å². The van der Waals surface area contributed by atoms with E-state index >= 15 is 0 Å². The number of rotatable bonds is 3. The molecule has 0 saturated carbocycles. The zero-order valence-corrected chi connectivity index (χ0v) is 10.9. The van der Waals surface area contributed by atoms with Crippen molar-refractivity contribution in [1.29, 1.82) is 0 Å². The maximum Gasteiger partial charge on any atom is 0.272 e. The Hall–Kier alpha value is -2.05. The van der Waals surface area contributed by atoms with E-state index in [1.54, 1.807) is 12.1 Å². The summed E-state index contributed by atoms with van der Waals surface area (Å²) in [5.74, 6) is 0.194. The lowest BCUT2D eigenvalue weighted by atomic mass is 10.3. The molecule has 0 radical (unpaired) electrons. The van der Waals surface area contributed by atoms with Gasteiger partial charge in [0.1, 0.15) is 0 Å². The van der Waals surface area contributed by atoms with Gasteiger partial charge in [0, 0.05) is 18.3 Å². The molecule has 0 unspecified atom stereocenters. The maximum absolute atomic E-state index is 10.6. The molecule has 0 saturated heterocycles. The molecule has 0 spiro atoms. The van der Waals surface area contributed by atoms with E-state index in [0.717, 1.165) is 12.1 Å². The van der Waals surface area contributed by atoms with Gasteiger partial charge in [0.15, 0.2) is 5.75 Å². The molecule has 6 nitrogen and oxygen atoms in total. The van der Waals surface area contributed by atoms with Crippen molar-refractivity contribution in [2.45, 2.75) is 0 Å². The van der Waals surface area contributed by atoms with E-state index in [1.807, 2.05) is 0 Å². The first-order valence-electron chi connectivity index (χ1n) is 5.01.